The Morgan fingerprint density at radius 2 is 2.57 bits per heavy atom. The number of nitrogens with one attached hydrogen (secondary N) is 2. The van der Waals surface area contributed by atoms with E-state index in [0.717, 1.165) is 7.05 Å². The molecule has 1 amide bonds. The number of carbonyl (C=O) groups excluding carboxylic acids is 1. The number of likely N-dealkylation sites (N-methyl/N-ethyl adjacent to an activating group) is 1. The largest absolute Gasteiger partial charge is 0.447 e. The molecule has 0 radical (unpaired) electrons. The van der Waals surface area contributed by atoms with Gasteiger partial charge in [0.05, 0.1) is 8.76 Å². The summed E-state index contributed by atoms with van der Waals surface area (Å²) in [6, 6.07) is 3.30. The molecule has 0 spiro atoms. The van der Waals surface area contributed by atoms with Crippen LogP contribution in [-0.4, -0.2) is 49.1 Å². The Hall–Kier alpha value is -2.01. The summed E-state index contributed by atoms with van der Waals surface area (Å²) in [4.78, 5) is 14.3. The van der Waals surface area contributed by atoms with Gasteiger partial charge in [0.15, 0.2) is 0 Å². The number of fused-ring (bicyclic) bond motifs is 1. The molecular formula is C16H21N3O2. The molecular weight excluding hydrogens is 266 g/mol. The number of aromatic amines is 1. The van der Waals surface area contributed by atoms with Crippen molar-refractivity contribution >= 4 is 17.0 Å². The van der Waals surface area contributed by atoms with E-state index in [-0.39, 0.29) is 30.2 Å². The fourth-order valence-electron chi connectivity index (χ4n) is 2.16. The van der Waals surface area contributed by atoms with Crippen LogP contribution in [0.4, 0.5) is 4.79 Å². The SMILES string of the molecule is [2H]c1[nH]c2ccc(C[C@@]3([2H])COC(=O)N3)cc2c1C([2H])([2H])C([2H])([2H])N(C)C([2H])([2H])[2H]. The van der Waals surface area contributed by atoms with E-state index < -0.39 is 32.0 Å². The molecule has 2 aromatic rings. The highest BCUT2D eigenvalue weighted by atomic mass is 16.6. The summed E-state index contributed by atoms with van der Waals surface area (Å²) in [5.41, 5.74) is 0.566. The average Bonchev–Trinajstić information content (AvgIpc) is 3.11. The van der Waals surface area contributed by atoms with Gasteiger partial charge in [-0.2, -0.15) is 0 Å². The molecule has 1 aromatic heterocycles. The molecule has 2 heterocycles. The fraction of sp³-hybridized carbons (Fsp3) is 0.438. The molecule has 1 aromatic carbocycles. The molecule has 0 aliphatic carbocycles. The number of aromatic nitrogens is 1. The summed E-state index contributed by atoms with van der Waals surface area (Å²) in [7, 11) is 0.960. The van der Waals surface area contributed by atoms with Crippen LogP contribution in [0.5, 0.6) is 0 Å². The Balaban J connectivity index is 2.07. The summed E-state index contributed by atoms with van der Waals surface area (Å²) in [6.45, 7) is -6.03. The average molecular weight is 296 g/mol. The Morgan fingerprint density at radius 1 is 1.67 bits per heavy atom. The number of hydrogen-bond acceptors (Lipinski definition) is 3. The summed E-state index contributed by atoms with van der Waals surface area (Å²) in [6.07, 6.45) is -3.92. The highest BCUT2D eigenvalue weighted by molar-refractivity contribution is 5.84. The van der Waals surface area contributed by atoms with Crippen LogP contribution < -0.4 is 5.32 Å². The Labute approximate surface area is 136 Å². The van der Waals surface area contributed by atoms with Gasteiger partial charge in [0.2, 0.25) is 0 Å². The molecule has 0 saturated carbocycles. The number of ether oxygens (including phenoxy) is 1. The first-order valence-electron chi connectivity index (χ1n) is 10.9. The van der Waals surface area contributed by atoms with Gasteiger partial charge in [-0.05, 0) is 50.1 Å². The highest BCUT2D eigenvalue weighted by Crippen LogP contribution is 2.21. The first kappa shape index (κ1) is 6.83. The fourth-order valence-corrected chi connectivity index (χ4v) is 2.16. The molecule has 1 fully saturated rings. The number of H-pyrrole nitrogens is 1. The van der Waals surface area contributed by atoms with Gasteiger partial charge in [0, 0.05) is 33.2 Å². The van der Waals surface area contributed by atoms with E-state index in [0.29, 0.717) is 16.0 Å². The number of benzene rings is 1. The predicted octanol–water partition coefficient (Wildman–Crippen LogP) is 1.92. The smallest absolute Gasteiger partial charge is 0.407 e. The van der Waals surface area contributed by atoms with E-state index in [4.69, 9.17) is 17.1 Å². The van der Waals surface area contributed by atoms with Crippen LogP contribution in [0, 0.1) is 0 Å². The molecule has 1 atom stereocenters. The number of rotatable bonds is 5. The van der Waals surface area contributed by atoms with E-state index in [1.165, 1.54) is 6.07 Å². The van der Waals surface area contributed by atoms with Crippen molar-refractivity contribution in [1.29, 1.82) is 0 Å². The third-order valence-corrected chi connectivity index (χ3v) is 3.10. The van der Waals surface area contributed by atoms with Crippen molar-refractivity contribution in [2.24, 2.45) is 0 Å². The molecule has 1 aliphatic heterocycles. The second-order valence-corrected chi connectivity index (χ2v) is 4.78. The quantitative estimate of drug-likeness (QED) is 0.886. The zero-order valence-electron chi connectivity index (χ0n) is 20.4. The van der Waals surface area contributed by atoms with Gasteiger partial charge in [-0.25, -0.2) is 4.79 Å². The summed E-state index contributed by atoms with van der Waals surface area (Å²) < 4.78 is 76.8. The minimum atomic E-state index is -2.97. The minimum Gasteiger partial charge on any atom is -0.447 e. The lowest BCUT2D eigenvalue weighted by molar-refractivity contribution is 0.177. The molecule has 5 nitrogen and oxygen atoms in total. The molecule has 0 bridgehead atoms. The van der Waals surface area contributed by atoms with Crippen molar-refractivity contribution in [2.75, 3.05) is 27.1 Å². The summed E-state index contributed by atoms with van der Waals surface area (Å²) in [5.74, 6) is 0. The van der Waals surface area contributed by atoms with Gasteiger partial charge >= 0.3 is 6.09 Å². The molecule has 0 unspecified atom stereocenters. The molecule has 1 aliphatic rings. The monoisotopic (exact) mass is 296 g/mol. The second kappa shape index (κ2) is 5.77. The van der Waals surface area contributed by atoms with E-state index in [9.17, 15) is 4.79 Å². The van der Waals surface area contributed by atoms with Crippen LogP contribution in [0.15, 0.2) is 24.4 Å². The standard InChI is InChI=1S/C16H21N3O2/c1-19(2)6-5-12-9-17-15-4-3-11(8-14(12)15)7-13-10-21-16(20)18-13/h3-4,8-9,13,17H,5-7,10H2,1-2H3,(H,18,20)/t13-/m0/s1/i1D3,5D2,6D2,9D,13D. The van der Waals surface area contributed by atoms with Gasteiger partial charge in [-0.1, -0.05) is 6.07 Å². The molecule has 3 rings (SSSR count). The van der Waals surface area contributed by atoms with Crippen LogP contribution >= 0.6 is 0 Å². The number of aryl methyl sites for hydroxylation is 1. The van der Waals surface area contributed by atoms with Crippen LogP contribution in [0.2, 0.25) is 0 Å². The lowest BCUT2D eigenvalue weighted by atomic mass is 10.0. The number of hydrogen-bond donors (Lipinski definition) is 2. The number of nitrogens with zero attached hydrogens (tertiary/aromatic N) is 1. The van der Waals surface area contributed by atoms with Crippen LogP contribution in [0.3, 0.4) is 0 Å². The van der Waals surface area contributed by atoms with E-state index >= 15 is 0 Å². The maximum Gasteiger partial charge on any atom is 0.407 e. The third-order valence-electron chi connectivity index (χ3n) is 3.10. The van der Waals surface area contributed by atoms with Crippen molar-refractivity contribution in [3.05, 3.63) is 35.5 Å². The van der Waals surface area contributed by atoms with Crippen molar-refractivity contribution in [2.45, 2.75) is 18.8 Å². The second-order valence-electron chi connectivity index (χ2n) is 4.78. The van der Waals surface area contributed by atoms with E-state index in [1.54, 1.807) is 12.1 Å². The van der Waals surface area contributed by atoms with Crippen LogP contribution in [-0.2, 0) is 17.5 Å². The Morgan fingerprint density at radius 3 is 3.33 bits per heavy atom. The van der Waals surface area contributed by atoms with Crippen molar-refractivity contribution in [3.8, 4) is 0 Å². The van der Waals surface area contributed by atoms with Crippen molar-refractivity contribution in [3.63, 3.8) is 0 Å². The van der Waals surface area contributed by atoms with Crippen LogP contribution in [0.25, 0.3) is 10.9 Å². The molecule has 21 heavy (non-hydrogen) atoms. The lowest BCUT2D eigenvalue weighted by Crippen LogP contribution is -2.28. The number of cyclic esters (lactones) is 1. The van der Waals surface area contributed by atoms with Crippen LogP contribution in [0.1, 0.15) is 23.5 Å². The highest BCUT2D eigenvalue weighted by Gasteiger charge is 2.22. The molecule has 2 N–H and O–H groups in total. The number of carbonyl (C=O) groups is 1. The molecule has 112 valence electrons. The predicted molar refractivity (Wildman–Crippen MR) is 82.5 cm³/mol. The van der Waals surface area contributed by atoms with Gasteiger partial charge in [0.1, 0.15) is 6.61 Å². The lowest BCUT2D eigenvalue weighted by Gasteiger charge is -2.09. The Bertz CT molecular complexity index is 988. The maximum atomic E-state index is 11.3. The first-order valence-corrected chi connectivity index (χ1v) is 6.39. The molecule has 5 heteroatoms. The molecule has 1 saturated heterocycles. The third kappa shape index (κ3) is 3.19. The van der Waals surface area contributed by atoms with Crippen molar-refractivity contribution in [1.82, 2.24) is 15.2 Å². The topological polar surface area (TPSA) is 57.4 Å². The maximum absolute atomic E-state index is 11.3. The number of amides is 1. The zero-order chi connectivity index (χ0) is 22.7. The van der Waals surface area contributed by atoms with Gasteiger partial charge in [-0.3, -0.25) is 0 Å². The van der Waals surface area contributed by atoms with E-state index in [1.807, 2.05) is 0 Å². The van der Waals surface area contributed by atoms with Gasteiger partial charge in [-0.15, -0.1) is 0 Å². The number of alkyl carbamates (subject to hydrolysis) is 1. The van der Waals surface area contributed by atoms with Gasteiger partial charge < -0.3 is 19.9 Å². The van der Waals surface area contributed by atoms with E-state index in [2.05, 4.69) is 10.3 Å². The summed E-state index contributed by atoms with van der Waals surface area (Å²) in [5, 5.41) is 2.58. The van der Waals surface area contributed by atoms with Gasteiger partial charge in [0.25, 0.3) is 0 Å². The summed E-state index contributed by atoms with van der Waals surface area (Å²) >= 11 is 0. The minimum absolute atomic E-state index is 0.0394. The zero-order valence-corrected chi connectivity index (χ0v) is 11.4. The Kier molecular flexibility index (Phi) is 1.88. The first-order chi connectivity index (χ1) is 13.6. The van der Waals surface area contributed by atoms with Crippen molar-refractivity contribution < 1.29 is 21.9 Å². The normalized spacial score (nSPS) is 30.0.